The summed E-state index contributed by atoms with van der Waals surface area (Å²) in [5, 5.41) is 8.45. The molecule has 0 aromatic rings. The second-order valence-corrected chi connectivity index (χ2v) is 2.96. The summed E-state index contributed by atoms with van der Waals surface area (Å²) in [5.74, 6) is -0.388. The summed E-state index contributed by atoms with van der Waals surface area (Å²) in [5.41, 5.74) is 10.6. The molecule has 5 nitrogen and oxygen atoms in total. The lowest BCUT2D eigenvalue weighted by atomic mass is 10.1. The van der Waals surface area contributed by atoms with Crippen LogP contribution in [-0.4, -0.2) is 29.5 Å². The van der Waals surface area contributed by atoms with Crippen LogP contribution in [-0.2, 0) is 4.79 Å². The lowest BCUT2D eigenvalue weighted by Gasteiger charge is -2.04. The van der Waals surface area contributed by atoms with E-state index in [1.165, 1.54) is 0 Å². The molecule has 5 heteroatoms. The summed E-state index contributed by atoms with van der Waals surface area (Å²) in [4.78, 5) is 14.3. The SMILES string of the molecule is CC.CC(N)=NCCCCC(N)C(=O)O. The third-order valence-electron chi connectivity index (χ3n) is 1.60. The molecule has 0 heterocycles. The number of aliphatic carboxylic acids is 1. The molecular formula is C10H23N3O2. The Hall–Kier alpha value is -1.10. The average Bonchev–Trinajstić information content (AvgIpc) is 2.19. The van der Waals surface area contributed by atoms with E-state index in [2.05, 4.69) is 4.99 Å². The maximum absolute atomic E-state index is 10.3. The number of carboxylic acids is 1. The first-order valence-electron chi connectivity index (χ1n) is 5.29. The molecule has 0 aliphatic heterocycles. The van der Waals surface area contributed by atoms with Gasteiger partial charge in [-0.25, -0.2) is 0 Å². The molecule has 0 spiro atoms. The molecule has 0 saturated heterocycles. The van der Waals surface area contributed by atoms with Crippen LogP contribution < -0.4 is 11.5 Å². The van der Waals surface area contributed by atoms with Crippen molar-refractivity contribution in [1.29, 1.82) is 0 Å². The lowest BCUT2D eigenvalue weighted by Crippen LogP contribution is -2.29. The fraction of sp³-hybridized carbons (Fsp3) is 0.800. The first-order chi connectivity index (χ1) is 7.04. The minimum absolute atomic E-state index is 0.495. The molecule has 0 aromatic carbocycles. The van der Waals surface area contributed by atoms with Gasteiger partial charge >= 0.3 is 5.97 Å². The summed E-state index contributed by atoms with van der Waals surface area (Å²) in [6.45, 7) is 6.37. The van der Waals surface area contributed by atoms with Gasteiger partial charge in [0.2, 0.25) is 0 Å². The summed E-state index contributed by atoms with van der Waals surface area (Å²) in [6, 6.07) is -0.747. The zero-order chi connectivity index (χ0) is 12.3. The Kier molecular flexibility index (Phi) is 12.0. The molecular weight excluding hydrogens is 194 g/mol. The maximum atomic E-state index is 10.3. The van der Waals surface area contributed by atoms with Crippen molar-refractivity contribution in [3.63, 3.8) is 0 Å². The van der Waals surface area contributed by atoms with Gasteiger partial charge in [-0.2, -0.15) is 0 Å². The number of rotatable bonds is 6. The number of aliphatic imine (C=N–C) groups is 1. The molecule has 90 valence electrons. The molecule has 1 atom stereocenters. The van der Waals surface area contributed by atoms with Crippen LogP contribution in [0.1, 0.15) is 40.0 Å². The molecule has 0 rings (SSSR count). The zero-order valence-corrected chi connectivity index (χ0v) is 9.86. The standard InChI is InChI=1S/C8H17N3O2.C2H6/c1-6(9)11-5-3-2-4-7(10)8(12)13;1-2/h7H,2-5,10H2,1H3,(H2,9,11)(H,12,13);1-2H3. The Morgan fingerprint density at radius 1 is 1.40 bits per heavy atom. The molecule has 0 radical (unpaired) electrons. The van der Waals surface area contributed by atoms with Gasteiger partial charge in [0, 0.05) is 6.54 Å². The van der Waals surface area contributed by atoms with E-state index < -0.39 is 12.0 Å². The molecule has 0 saturated carbocycles. The van der Waals surface area contributed by atoms with Crippen LogP contribution in [0.25, 0.3) is 0 Å². The summed E-state index contributed by atoms with van der Waals surface area (Å²) < 4.78 is 0. The van der Waals surface area contributed by atoms with E-state index in [0.29, 0.717) is 18.8 Å². The van der Waals surface area contributed by atoms with Gasteiger partial charge in [-0.05, 0) is 26.2 Å². The topological polar surface area (TPSA) is 102 Å². The van der Waals surface area contributed by atoms with Crippen LogP contribution in [0.15, 0.2) is 4.99 Å². The number of nitrogens with zero attached hydrogens (tertiary/aromatic N) is 1. The van der Waals surface area contributed by atoms with E-state index in [-0.39, 0.29) is 0 Å². The molecule has 0 amide bonds. The molecule has 5 N–H and O–H groups in total. The number of carboxylic acid groups (broad SMARTS) is 1. The van der Waals surface area contributed by atoms with Crippen molar-refractivity contribution in [2.75, 3.05) is 6.54 Å². The van der Waals surface area contributed by atoms with Crippen molar-refractivity contribution >= 4 is 11.8 Å². The van der Waals surface area contributed by atoms with E-state index in [0.717, 1.165) is 12.8 Å². The van der Waals surface area contributed by atoms with E-state index in [1.54, 1.807) is 6.92 Å². The number of unbranched alkanes of at least 4 members (excludes halogenated alkanes) is 1. The van der Waals surface area contributed by atoms with Gasteiger partial charge in [-0.3, -0.25) is 9.79 Å². The van der Waals surface area contributed by atoms with Gasteiger partial charge in [0.1, 0.15) is 6.04 Å². The smallest absolute Gasteiger partial charge is 0.320 e. The van der Waals surface area contributed by atoms with Crippen LogP contribution in [0.4, 0.5) is 0 Å². The predicted octanol–water partition coefficient (Wildman–Crippen LogP) is 0.972. The highest BCUT2D eigenvalue weighted by molar-refractivity contribution is 5.77. The number of hydrogen-bond acceptors (Lipinski definition) is 3. The van der Waals surface area contributed by atoms with Crippen molar-refractivity contribution in [3.8, 4) is 0 Å². The van der Waals surface area contributed by atoms with Gasteiger partial charge < -0.3 is 16.6 Å². The molecule has 0 aliphatic rings. The van der Waals surface area contributed by atoms with E-state index in [1.807, 2.05) is 13.8 Å². The third-order valence-corrected chi connectivity index (χ3v) is 1.60. The van der Waals surface area contributed by atoms with Gasteiger partial charge in [-0.15, -0.1) is 0 Å². The first-order valence-corrected chi connectivity index (χ1v) is 5.29. The Morgan fingerprint density at radius 2 is 1.93 bits per heavy atom. The summed E-state index contributed by atoms with van der Waals surface area (Å²) in [6.07, 6.45) is 2.09. The summed E-state index contributed by atoms with van der Waals surface area (Å²) in [7, 11) is 0. The number of hydrogen-bond donors (Lipinski definition) is 3. The zero-order valence-electron chi connectivity index (χ0n) is 9.86. The van der Waals surface area contributed by atoms with Crippen LogP contribution >= 0.6 is 0 Å². The normalized spacial score (nSPS) is 12.7. The maximum Gasteiger partial charge on any atom is 0.320 e. The number of carbonyl (C=O) groups is 1. The molecule has 0 bridgehead atoms. The second-order valence-electron chi connectivity index (χ2n) is 2.96. The average molecular weight is 217 g/mol. The second kappa shape index (κ2) is 11.0. The van der Waals surface area contributed by atoms with E-state index in [9.17, 15) is 4.79 Å². The van der Waals surface area contributed by atoms with Gasteiger partial charge in [-0.1, -0.05) is 13.8 Å². The molecule has 0 fully saturated rings. The monoisotopic (exact) mass is 217 g/mol. The Labute approximate surface area is 91.6 Å². The van der Waals surface area contributed by atoms with Crippen molar-refractivity contribution < 1.29 is 9.90 Å². The van der Waals surface area contributed by atoms with Crippen LogP contribution in [0.5, 0.6) is 0 Å². The van der Waals surface area contributed by atoms with Crippen LogP contribution in [0.3, 0.4) is 0 Å². The Bertz CT molecular complexity index is 189. The minimum atomic E-state index is -0.946. The largest absolute Gasteiger partial charge is 0.480 e. The highest BCUT2D eigenvalue weighted by Gasteiger charge is 2.09. The predicted molar refractivity (Wildman–Crippen MR) is 63.0 cm³/mol. The van der Waals surface area contributed by atoms with Crippen molar-refractivity contribution in [3.05, 3.63) is 0 Å². The molecule has 0 aliphatic carbocycles. The summed E-state index contributed by atoms with van der Waals surface area (Å²) >= 11 is 0. The molecule has 0 aromatic heterocycles. The van der Waals surface area contributed by atoms with Crippen LogP contribution in [0.2, 0.25) is 0 Å². The Morgan fingerprint density at radius 3 is 2.33 bits per heavy atom. The van der Waals surface area contributed by atoms with E-state index in [4.69, 9.17) is 16.6 Å². The van der Waals surface area contributed by atoms with Crippen LogP contribution in [0, 0.1) is 0 Å². The highest BCUT2D eigenvalue weighted by atomic mass is 16.4. The minimum Gasteiger partial charge on any atom is -0.480 e. The lowest BCUT2D eigenvalue weighted by molar-refractivity contribution is -0.138. The third kappa shape index (κ3) is 12.9. The fourth-order valence-corrected chi connectivity index (χ4v) is 0.855. The van der Waals surface area contributed by atoms with Crippen molar-refractivity contribution in [1.82, 2.24) is 0 Å². The quantitative estimate of drug-likeness (QED) is 0.350. The van der Waals surface area contributed by atoms with Gasteiger partial charge in [0.05, 0.1) is 5.84 Å². The highest BCUT2D eigenvalue weighted by Crippen LogP contribution is 1.99. The first kappa shape index (κ1) is 16.3. The van der Waals surface area contributed by atoms with Gasteiger partial charge in [0.15, 0.2) is 0 Å². The molecule has 15 heavy (non-hydrogen) atoms. The Balaban J connectivity index is 0. The van der Waals surface area contributed by atoms with Gasteiger partial charge in [0.25, 0.3) is 0 Å². The van der Waals surface area contributed by atoms with Crippen molar-refractivity contribution in [2.45, 2.75) is 46.1 Å². The van der Waals surface area contributed by atoms with E-state index >= 15 is 0 Å². The fourth-order valence-electron chi connectivity index (χ4n) is 0.855. The van der Waals surface area contributed by atoms with Crippen molar-refractivity contribution in [2.24, 2.45) is 16.5 Å². The number of nitrogens with two attached hydrogens (primary N) is 2. The number of amidine groups is 1. The molecule has 1 unspecified atom stereocenters.